The summed E-state index contributed by atoms with van der Waals surface area (Å²) in [5.74, 6) is 1.72. The monoisotopic (exact) mass is 754 g/mol. The van der Waals surface area contributed by atoms with Gasteiger partial charge in [-0.25, -0.2) is 15.0 Å². The number of fused-ring (bicyclic) bond motifs is 12. The van der Waals surface area contributed by atoms with E-state index in [1.165, 1.54) is 32.3 Å². The van der Waals surface area contributed by atoms with Crippen molar-refractivity contribution in [1.29, 1.82) is 0 Å². The van der Waals surface area contributed by atoms with Gasteiger partial charge in [-0.15, -0.1) is 0 Å². The predicted octanol–water partition coefficient (Wildman–Crippen LogP) is 14.1. The fourth-order valence-corrected chi connectivity index (χ4v) is 9.19. The summed E-state index contributed by atoms with van der Waals surface area (Å²) in [4.78, 5) is 15.6. The minimum atomic E-state index is 0.562. The van der Waals surface area contributed by atoms with Crippen molar-refractivity contribution in [2.45, 2.75) is 0 Å². The summed E-state index contributed by atoms with van der Waals surface area (Å²) >= 11 is 0. The predicted molar refractivity (Wildman–Crippen MR) is 240 cm³/mol. The Morgan fingerprint density at radius 1 is 0.339 bits per heavy atom. The summed E-state index contributed by atoms with van der Waals surface area (Å²) < 4.78 is 15.3. The molecule has 0 radical (unpaired) electrons. The van der Waals surface area contributed by atoms with Gasteiger partial charge in [-0.2, -0.15) is 0 Å². The van der Waals surface area contributed by atoms with Gasteiger partial charge in [0.2, 0.25) is 0 Å². The summed E-state index contributed by atoms with van der Waals surface area (Å²) in [5, 5.41) is 11.3. The lowest BCUT2D eigenvalue weighted by Crippen LogP contribution is -2.00. The Morgan fingerprint density at radius 3 is 1.69 bits per heavy atom. The van der Waals surface area contributed by atoms with Crippen LogP contribution < -0.4 is 0 Å². The number of benzene rings is 9. The quantitative estimate of drug-likeness (QED) is 0.179. The van der Waals surface area contributed by atoms with E-state index in [2.05, 4.69) is 114 Å². The highest BCUT2D eigenvalue weighted by molar-refractivity contribution is 6.23. The first-order chi connectivity index (χ1) is 29.2. The van der Waals surface area contributed by atoms with Gasteiger partial charge in [-0.3, -0.25) is 0 Å². The molecule has 59 heavy (non-hydrogen) atoms. The van der Waals surface area contributed by atoms with Crippen LogP contribution in [0.1, 0.15) is 0 Å². The Kier molecular flexibility index (Phi) is 6.63. The largest absolute Gasteiger partial charge is 0.456 e. The molecule has 0 amide bonds. The van der Waals surface area contributed by atoms with Gasteiger partial charge in [0, 0.05) is 54.7 Å². The molecule has 4 heterocycles. The third kappa shape index (κ3) is 4.77. The van der Waals surface area contributed by atoms with E-state index >= 15 is 0 Å². The third-order valence-corrected chi connectivity index (χ3v) is 11.8. The van der Waals surface area contributed by atoms with Crippen molar-refractivity contribution in [2.24, 2.45) is 0 Å². The Hall–Kier alpha value is -8.09. The molecule has 0 spiro atoms. The first-order valence-corrected chi connectivity index (χ1v) is 19.8. The van der Waals surface area contributed by atoms with Crippen molar-refractivity contribution in [1.82, 2.24) is 19.5 Å². The smallest absolute Gasteiger partial charge is 0.164 e. The second-order valence-corrected chi connectivity index (χ2v) is 15.1. The van der Waals surface area contributed by atoms with Crippen molar-refractivity contribution in [3.8, 4) is 39.9 Å². The molecule has 0 bridgehead atoms. The van der Waals surface area contributed by atoms with E-state index in [0.717, 1.165) is 77.3 Å². The molecular weight excluding hydrogens is 725 g/mol. The highest BCUT2D eigenvalue weighted by atomic mass is 16.3. The summed E-state index contributed by atoms with van der Waals surface area (Å²) in [5.41, 5.74) is 9.15. The van der Waals surface area contributed by atoms with Crippen LogP contribution in [0.5, 0.6) is 0 Å². The maximum Gasteiger partial charge on any atom is 0.164 e. The van der Waals surface area contributed by atoms with Gasteiger partial charge in [0.05, 0.1) is 11.0 Å². The molecule has 0 aliphatic heterocycles. The molecule has 4 aromatic heterocycles. The lowest BCUT2D eigenvalue weighted by molar-refractivity contribution is 0.668. The van der Waals surface area contributed by atoms with Gasteiger partial charge < -0.3 is 13.4 Å². The highest BCUT2D eigenvalue weighted by Crippen LogP contribution is 2.42. The molecule has 0 aliphatic carbocycles. The van der Waals surface area contributed by atoms with Crippen molar-refractivity contribution < 1.29 is 8.83 Å². The summed E-state index contributed by atoms with van der Waals surface area (Å²) in [6.07, 6.45) is 0. The molecule has 0 aliphatic rings. The van der Waals surface area contributed by atoms with Crippen LogP contribution in [0.25, 0.3) is 127 Å². The van der Waals surface area contributed by atoms with E-state index < -0.39 is 0 Å². The molecule has 274 valence electrons. The minimum Gasteiger partial charge on any atom is -0.456 e. The fraction of sp³-hybridized carbons (Fsp3) is 0. The second-order valence-electron chi connectivity index (χ2n) is 15.1. The highest BCUT2D eigenvalue weighted by Gasteiger charge is 2.22. The van der Waals surface area contributed by atoms with Crippen LogP contribution in [-0.2, 0) is 0 Å². The number of nitrogens with zero attached hydrogens (tertiary/aromatic N) is 4. The molecule has 0 saturated heterocycles. The first kappa shape index (κ1) is 32.0. The molecule has 9 aromatic carbocycles. The van der Waals surface area contributed by atoms with E-state index in [0.29, 0.717) is 17.5 Å². The molecule has 6 nitrogen and oxygen atoms in total. The normalized spacial score (nSPS) is 12.1. The lowest BCUT2D eigenvalue weighted by Gasteiger charge is -2.11. The average molecular weight is 755 g/mol. The number of aromatic nitrogens is 4. The van der Waals surface area contributed by atoms with E-state index in [1.807, 2.05) is 72.8 Å². The third-order valence-electron chi connectivity index (χ3n) is 11.8. The number of rotatable bonds is 4. The summed E-state index contributed by atoms with van der Waals surface area (Å²) in [6, 6.07) is 63.3. The topological polar surface area (TPSA) is 69.9 Å². The van der Waals surface area contributed by atoms with Crippen molar-refractivity contribution in [2.75, 3.05) is 0 Å². The average Bonchev–Trinajstić information content (AvgIpc) is 3.97. The SMILES string of the molecule is c1ccc(-c2nc(-c3cccc4oc5ccccc5c34)nc(-c3cccc4oc5ccc(-n6c7cc8ccccc8cc7c7c8ccccc8ccc76)cc5c34)n2)cc1. The van der Waals surface area contributed by atoms with Crippen LogP contribution in [0.2, 0.25) is 0 Å². The summed E-state index contributed by atoms with van der Waals surface area (Å²) in [7, 11) is 0. The van der Waals surface area contributed by atoms with Gasteiger partial charge in [0.25, 0.3) is 0 Å². The molecular formula is C53H30N4O2. The molecule has 0 saturated carbocycles. The number of hydrogen-bond donors (Lipinski definition) is 0. The second kappa shape index (κ2) is 12.2. The van der Waals surface area contributed by atoms with Gasteiger partial charge in [-0.05, 0) is 76.1 Å². The maximum absolute atomic E-state index is 6.61. The van der Waals surface area contributed by atoms with Gasteiger partial charge in [0.1, 0.15) is 22.3 Å². The minimum absolute atomic E-state index is 0.562. The van der Waals surface area contributed by atoms with Crippen LogP contribution in [0.15, 0.2) is 191 Å². The van der Waals surface area contributed by atoms with Crippen molar-refractivity contribution in [3.63, 3.8) is 0 Å². The van der Waals surface area contributed by atoms with E-state index in [1.54, 1.807) is 0 Å². The lowest BCUT2D eigenvalue weighted by atomic mass is 10.0. The van der Waals surface area contributed by atoms with Gasteiger partial charge in [-0.1, -0.05) is 127 Å². The van der Waals surface area contributed by atoms with Crippen LogP contribution >= 0.6 is 0 Å². The number of hydrogen-bond acceptors (Lipinski definition) is 5. The molecule has 13 rings (SSSR count). The number of furan rings is 2. The van der Waals surface area contributed by atoms with Crippen molar-refractivity contribution in [3.05, 3.63) is 182 Å². The van der Waals surface area contributed by atoms with Crippen molar-refractivity contribution >= 4 is 87.2 Å². The maximum atomic E-state index is 6.61. The standard InChI is InChI=1S/C53H30N4O2/c1-2-13-32(14-3-1)51-54-52(38-19-10-22-46-49(38)37-18-8-9-21-44(37)58-46)56-53(55-51)39-20-11-23-47-50(39)41-30-35(25-27-45(41)59-47)57-42-26-24-31-12-6-7-17-36(31)48(42)40-28-33-15-4-5-16-34(33)29-43(40)57/h1-30H. The first-order valence-electron chi connectivity index (χ1n) is 19.8. The zero-order valence-corrected chi connectivity index (χ0v) is 31.4. The van der Waals surface area contributed by atoms with E-state index in [9.17, 15) is 0 Å². The summed E-state index contributed by atoms with van der Waals surface area (Å²) in [6.45, 7) is 0. The van der Waals surface area contributed by atoms with Crippen LogP contribution in [0.4, 0.5) is 0 Å². The Morgan fingerprint density at radius 2 is 0.932 bits per heavy atom. The molecule has 0 fully saturated rings. The molecule has 0 unspecified atom stereocenters. The molecule has 13 aromatic rings. The molecule has 6 heteroatoms. The Bertz CT molecular complexity index is 3860. The molecule has 0 atom stereocenters. The van der Waals surface area contributed by atoms with Crippen LogP contribution in [0.3, 0.4) is 0 Å². The molecule has 0 N–H and O–H groups in total. The van der Waals surface area contributed by atoms with E-state index in [-0.39, 0.29) is 0 Å². The Balaban J connectivity index is 1.08. The zero-order valence-electron chi connectivity index (χ0n) is 31.4. The zero-order chi connectivity index (χ0) is 38.6. The Labute approximate surface area is 336 Å². The van der Waals surface area contributed by atoms with Gasteiger partial charge >= 0.3 is 0 Å². The van der Waals surface area contributed by atoms with E-state index in [4.69, 9.17) is 23.8 Å². The number of para-hydroxylation sites is 1. The van der Waals surface area contributed by atoms with Crippen LogP contribution in [-0.4, -0.2) is 19.5 Å². The van der Waals surface area contributed by atoms with Crippen LogP contribution in [0, 0.1) is 0 Å². The fourth-order valence-electron chi connectivity index (χ4n) is 9.19. The van der Waals surface area contributed by atoms with Gasteiger partial charge in [0.15, 0.2) is 17.5 Å².